The summed E-state index contributed by atoms with van der Waals surface area (Å²) in [5.41, 5.74) is 0.271. The van der Waals surface area contributed by atoms with Crippen molar-refractivity contribution >= 4 is 0 Å². The van der Waals surface area contributed by atoms with E-state index in [9.17, 15) is 8.78 Å². The fourth-order valence-electron chi connectivity index (χ4n) is 1.84. The zero-order valence-electron chi connectivity index (χ0n) is 9.67. The first-order valence-electron chi connectivity index (χ1n) is 5.36. The fraction of sp³-hybridized carbons (Fsp3) is 0.500. The molecule has 94 valence electrons. The summed E-state index contributed by atoms with van der Waals surface area (Å²) in [6.07, 6.45) is 0. The number of aliphatic hydroxyl groups is 1. The van der Waals surface area contributed by atoms with Crippen molar-refractivity contribution in [2.75, 3.05) is 13.4 Å². The second-order valence-corrected chi connectivity index (χ2v) is 4.26. The number of halogens is 2. The Balaban J connectivity index is 2.55. The van der Waals surface area contributed by atoms with Crippen LogP contribution in [0.2, 0.25) is 0 Å². The average Bonchev–Trinajstić information content (AvgIpc) is 2.72. The fourth-order valence-corrected chi connectivity index (χ4v) is 1.84. The summed E-state index contributed by atoms with van der Waals surface area (Å²) in [7, 11) is 0. The Hall–Kier alpha value is -1.36. The number of aliphatic hydroxyl groups excluding tert-OH is 1. The number of hydrogen-bond acceptors (Lipinski definition) is 3. The minimum Gasteiger partial charge on any atom is -0.454 e. The molecule has 0 aromatic heterocycles. The standard InChI is InChI=1S/C12H14F2O3/c1-7(5-15)8-3-10-11(17-6-16-10)4-9(8)12(2,13)14/h3-4,7,15H,5-6H2,1-2H3. The predicted molar refractivity (Wildman–Crippen MR) is 57.6 cm³/mol. The third kappa shape index (κ3) is 2.20. The van der Waals surface area contributed by atoms with Crippen molar-refractivity contribution in [2.45, 2.75) is 25.7 Å². The van der Waals surface area contributed by atoms with Crippen LogP contribution in [0.5, 0.6) is 11.5 Å². The highest BCUT2D eigenvalue weighted by molar-refractivity contribution is 5.51. The first kappa shape index (κ1) is 12.1. The van der Waals surface area contributed by atoms with Gasteiger partial charge in [0.25, 0.3) is 5.92 Å². The lowest BCUT2D eigenvalue weighted by Crippen LogP contribution is -2.13. The maximum absolute atomic E-state index is 13.5. The molecule has 5 heteroatoms. The molecule has 1 unspecified atom stereocenters. The van der Waals surface area contributed by atoms with E-state index in [1.54, 1.807) is 6.92 Å². The molecule has 2 rings (SSSR count). The highest BCUT2D eigenvalue weighted by Crippen LogP contribution is 2.42. The van der Waals surface area contributed by atoms with Crippen LogP contribution in [-0.2, 0) is 5.92 Å². The zero-order valence-corrected chi connectivity index (χ0v) is 9.67. The van der Waals surface area contributed by atoms with Crippen LogP contribution in [0.3, 0.4) is 0 Å². The SMILES string of the molecule is CC(CO)c1cc2c(cc1C(C)(F)F)OCO2. The summed E-state index contributed by atoms with van der Waals surface area (Å²) >= 11 is 0. The molecule has 0 bridgehead atoms. The molecule has 1 aromatic rings. The van der Waals surface area contributed by atoms with Crippen molar-refractivity contribution in [1.29, 1.82) is 0 Å². The summed E-state index contributed by atoms with van der Waals surface area (Å²) in [4.78, 5) is 0. The zero-order chi connectivity index (χ0) is 12.6. The van der Waals surface area contributed by atoms with Gasteiger partial charge in [-0.1, -0.05) is 6.92 Å². The van der Waals surface area contributed by atoms with Crippen LogP contribution in [0.4, 0.5) is 8.78 Å². The second-order valence-electron chi connectivity index (χ2n) is 4.26. The molecule has 1 aliphatic rings. The Morgan fingerprint density at radius 1 is 1.35 bits per heavy atom. The van der Waals surface area contributed by atoms with Gasteiger partial charge in [-0.05, 0) is 17.7 Å². The van der Waals surface area contributed by atoms with Crippen molar-refractivity contribution < 1.29 is 23.4 Å². The number of fused-ring (bicyclic) bond motifs is 1. The Kier molecular flexibility index (Phi) is 2.95. The molecule has 17 heavy (non-hydrogen) atoms. The van der Waals surface area contributed by atoms with Gasteiger partial charge in [-0.15, -0.1) is 0 Å². The van der Waals surface area contributed by atoms with Gasteiger partial charge in [0, 0.05) is 25.0 Å². The molecular weight excluding hydrogens is 230 g/mol. The van der Waals surface area contributed by atoms with Crippen LogP contribution in [0.15, 0.2) is 12.1 Å². The molecule has 0 saturated heterocycles. The molecule has 0 fully saturated rings. The highest BCUT2D eigenvalue weighted by Gasteiger charge is 2.32. The largest absolute Gasteiger partial charge is 0.454 e. The number of benzene rings is 1. The molecule has 1 atom stereocenters. The summed E-state index contributed by atoms with van der Waals surface area (Å²) in [5.74, 6) is -2.56. The number of alkyl halides is 2. The predicted octanol–water partition coefficient (Wildman–Crippen LogP) is 2.62. The van der Waals surface area contributed by atoms with Gasteiger partial charge in [-0.25, -0.2) is 8.78 Å². The van der Waals surface area contributed by atoms with E-state index in [2.05, 4.69) is 0 Å². The average molecular weight is 244 g/mol. The lowest BCUT2D eigenvalue weighted by atomic mass is 9.92. The minimum absolute atomic E-state index is 0.0427. The summed E-state index contributed by atoms with van der Waals surface area (Å²) in [6.45, 7) is 2.37. The van der Waals surface area contributed by atoms with E-state index in [0.29, 0.717) is 17.1 Å². The Labute approximate surface area is 98.0 Å². The second kappa shape index (κ2) is 4.14. The van der Waals surface area contributed by atoms with Crippen LogP contribution in [-0.4, -0.2) is 18.5 Å². The third-order valence-corrected chi connectivity index (χ3v) is 2.82. The van der Waals surface area contributed by atoms with Crippen molar-refractivity contribution in [3.63, 3.8) is 0 Å². The van der Waals surface area contributed by atoms with Gasteiger partial charge in [-0.3, -0.25) is 0 Å². The maximum Gasteiger partial charge on any atom is 0.270 e. The van der Waals surface area contributed by atoms with Crippen LogP contribution >= 0.6 is 0 Å². The molecule has 1 N–H and O–H groups in total. The van der Waals surface area contributed by atoms with Gasteiger partial charge in [0.15, 0.2) is 11.5 Å². The molecule has 1 aromatic carbocycles. The molecule has 0 saturated carbocycles. The molecule has 1 heterocycles. The normalized spacial score (nSPS) is 16.1. The summed E-state index contributed by atoms with van der Waals surface area (Å²) in [5, 5.41) is 9.11. The van der Waals surface area contributed by atoms with Gasteiger partial charge < -0.3 is 14.6 Å². The van der Waals surface area contributed by atoms with E-state index in [1.165, 1.54) is 12.1 Å². The monoisotopic (exact) mass is 244 g/mol. The lowest BCUT2D eigenvalue weighted by molar-refractivity contribution is 0.0158. The molecule has 0 amide bonds. The van der Waals surface area contributed by atoms with Gasteiger partial charge >= 0.3 is 0 Å². The molecule has 0 aliphatic carbocycles. The smallest absolute Gasteiger partial charge is 0.270 e. The van der Waals surface area contributed by atoms with Gasteiger partial charge in [-0.2, -0.15) is 0 Å². The number of rotatable bonds is 3. The minimum atomic E-state index is -2.97. The van der Waals surface area contributed by atoms with E-state index in [0.717, 1.165) is 6.92 Å². The van der Waals surface area contributed by atoms with E-state index in [4.69, 9.17) is 14.6 Å². The highest BCUT2D eigenvalue weighted by atomic mass is 19.3. The van der Waals surface area contributed by atoms with Crippen LogP contribution < -0.4 is 9.47 Å². The molecular formula is C12H14F2O3. The van der Waals surface area contributed by atoms with Gasteiger partial charge in [0.1, 0.15) is 0 Å². The molecule has 1 aliphatic heterocycles. The number of ether oxygens (including phenoxy) is 2. The van der Waals surface area contributed by atoms with Crippen molar-refractivity contribution in [3.8, 4) is 11.5 Å². The van der Waals surface area contributed by atoms with Crippen molar-refractivity contribution in [2.24, 2.45) is 0 Å². The Bertz CT molecular complexity index is 426. The first-order valence-corrected chi connectivity index (χ1v) is 5.36. The Morgan fingerprint density at radius 2 is 1.94 bits per heavy atom. The first-order chi connectivity index (χ1) is 7.93. The molecule has 0 radical (unpaired) electrons. The Morgan fingerprint density at radius 3 is 2.47 bits per heavy atom. The molecule has 0 spiro atoms. The van der Waals surface area contributed by atoms with Crippen LogP contribution in [0.1, 0.15) is 30.9 Å². The van der Waals surface area contributed by atoms with Gasteiger partial charge in [0.2, 0.25) is 6.79 Å². The lowest BCUT2D eigenvalue weighted by Gasteiger charge is -2.19. The maximum atomic E-state index is 13.5. The molecule has 3 nitrogen and oxygen atoms in total. The van der Waals surface area contributed by atoms with Crippen molar-refractivity contribution in [1.82, 2.24) is 0 Å². The van der Waals surface area contributed by atoms with Crippen LogP contribution in [0, 0.1) is 0 Å². The van der Waals surface area contributed by atoms with Gasteiger partial charge in [0.05, 0.1) is 0 Å². The third-order valence-electron chi connectivity index (χ3n) is 2.82. The van der Waals surface area contributed by atoms with E-state index in [-0.39, 0.29) is 24.9 Å². The summed E-state index contributed by atoms with van der Waals surface area (Å²) in [6, 6.07) is 2.82. The topological polar surface area (TPSA) is 38.7 Å². The van der Waals surface area contributed by atoms with E-state index >= 15 is 0 Å². The number of hydrogen-bond donors (Lipinski definition) is 1. The summed E-state index contributed by atoms with van der Waals surface area (Å²) < 4.78 is 37.2. The van der Waals surface area contributed by atoms with Crippen molar-refractivity contribution in [3.05, 3.63) is 23.3 Å². The van der Waals surface area contributed by atoms with E-state index in [1.807, 2.05) is 0 Å². The van der Waals surface area contributed by atoms with Crippen LogP contribution in [0.25, 0.3) is 0 Å². The van der Waals surface area contributed by atoms with E-state index < -0.39 is 5.92 Å². The quantitative estimate of drug-likeness (QED) is 0.888.